The maximum absolute atomic E-state index is 3.66. The Morgan fingerprint density at radius 1 is 0.387 bits per heavy atom. The molecule has 1 aromatic heterocycles. The molecule has 0 atom stereocenters. The Bertz CT molecular complexity index is 1450. The van der Waals surface area contributed by atoms with Crippen LogP contribution in [0.4, 0.5) is 0 Å². The lowest BCUT2D eigenvalue weighted by Crippen LogP contribution is -1.87. The van der Waals surface area contributed by atoms with Crippen molar-refractivity contribution >= 4 is 21.8 Å². The Balaban J connectivity index is 1.63. The topological polar surface area (TPSA) is 15.8 Å². The van der Waals surface area contributed by atoms with Gasteiger partial charge in [0.1, 0.15) is 0 Å². The largest absolute Gasteiger partial charge is 0.354 e. The third-order valence-electron chi connectivity index (χ3n) is 6.00. The predicted molar refractivity (Wildman–Crippen MR) is 132 cm³/mol. The Hall–Kier alpha value is -4.10. The Labute approximate surface area is 181 Å². The zero-order chi connectivity index (χ0) is 20.6. The third-order valence-corrected chi connectivity index (χ3v) is 6.00. The molecule has 0 aliphatic carbocycles. The van der Waals surface area contributed by atoms with Gasteiger partial charge in [0, 0.05) is 21.9 Å². The molecule has 0 unspecified atom stereocenters. The maximum Gasteiger partial charge on any atom is 0.0544 e. The average Bonchev–Trinajstić information content (AvgIpc) is 3.24. The van der Waals surface area contributed by atoms with E-state index in [9.17, 15) is 0 Å². The van der Waals surface area contributed by atoms with Crippen molar-refractivity contribution in [2.75, 3.05) is 0 Å². The predicted octanol–water partition coefficient (Wildman–Crippen LogP) is 8.32. The molecule has 0 aliphatic heterocycles. The van der Waals surface area contributed by atoms with Gasteiger partial charge in [0.25, 0.3) is 0 Å². The molecule has 0 fully saturated rings. The second-order valence-corrected chi connectivity index (χ2v) is 7.93. The monoisotopic (exact) mass is 395 g/mol. The van der Waals surface area contributed by atoms with Crippen LogP contribution in [-0.4, -0.2) is 4.98 Å². The number of hydrogen-bond donors (Lipinski definition) is 1. The minimum atomic E-state index is 1.17. The van der Waals surface area contributed by atoms with Crippen LogP contribution < -0.4 is 0 Å². The molecule has 0 bridgehead atoms. The summed E-state index contributed by atoms with van der Waals surface area (Å²) in [7, 11) is 0. The molecule has 1 N–H and O–H groups in total. The fraction of sp³-hybridized carbons (Fsp3) is 0. The molecule has 31 heavy (non-hydrogen) atoms. The Morgan fingerprint density at radius 2 is 0.935 bits per heavy atom. The second-order valence-electron chi connectivity index (χ2n) is 7.93. The summed E-state index contributed by atoms with van der Waals surface area (Å²) in [5, 5.41) is 2.53. The molecule has 1 nitrogen and oxygen atoms in total. The first-order valence-electron chi connectivity index (χ1n) is 10.6. The minimum Gasteiger partial charge on any atom is -0.354 e. The van der Waals surface area contributed by atoms with Gasteiger partial charge < -0.3 is 4.98 Å². The molecular weight excluding hydrogens is 374 g/mol. The highest BCUT2D eigenvalue weighted by Gasteiger charge is 2.12. The summed E-state index contributed by atoms with van der Waals surface area (Å²) in [6.45, 7) is 0. The van der Waals surface area contributed by atoms with Gasteiger partial charge in [-0.3, -0.25) is 0 Å². The first-order chi connectivity index (χ1) is 15.4. The SMILES string of the molecule is c1ccc(-c2cc(-c3ccccc3)cc(-c3cccc4c3[nH]c3ccccc34)c2)cc1. The highest BCUT2D eigenvalue weighted by atomic mass is 14.7. The van der Waals surface area contributed by atoms with Gasteiger partial charge in [0.15, 0.2) is 0 Å². The smallest absolute Gasteiger partial charge is 0.0544 e. The van der Waals surface area contributed by atoms with Crippen LogP contribution in [0.25, 0.3) is 55.2 Å². The summed E-state index contributed by atoms with van der Waals surface area (Å²) in [6, 6.07) is 43.3. The van der Waals surface area contributed by atoms with Crippen LogP contribution in [0, 0.1) is 0 Å². The highest BCUT2D eigenvalue weighted by molar-refractivity contribution is 6.12. The van der Waals surface area contributed by atoms with Crippen LogP contribution in [0.15, 0.2) is 121 Å². The molecule has 1 heterocycles. The molecule has 0 amide bonds. The first kappa shape index (κ1) is 17.7. The first-order valence-corrected chi connectivity index (χ1v) is 10.6. The van der Waals surface area contributed by atoms with Crippen molar-refractivity contribution in [3.05, 3.63) is 121 Å². The Kier molecular flexibility index (Phi) is 4.18. The van der Waals surface area contributed by atoms with Crippen molar-refractivity contribution in [2.24, 2.45) is 0 Å². The van der Waals surface area contributed by atoms with Gasteiger partial charge in [0.2, 0.25) is 0 Å². The summed E-state index contributed by atoms with van der Waals surface area (Å²) < 4.78 is 0. The van der Waals surface area contributed by atoms with Crippen LogP contribution in [-0.2, 0) is 0 Å². The standard InChI is InChI=1S/C30H21N/c1-3-10-21(11-4-1)23-18-24(22-12-5-2-6-13-22)20-25(19-23)26-15-9-16-28-27-14-7-8-17-29(27)31-30(26)28/h1-20,31H. The molecule has 5 aromatic carbocycles. The fourth-order valence-electron chi connectivity index (χ4n) is 4.49. The molecule has 6 aromatic rings. The molecule has 6 rings (SSSR count). The number of rotatable bonds is 3. The number of aromatic nitrogens is 1. The third kappa shape index (κ3) is 3.12. The fourth-order valence-corrected chi connectivity index (χ4v) is 4.49. The number of hydrogen-bond acceptors (Lipinski definition) is 0. The van der Waals surface area contributed by atoms with E-state index in [-0.39, 0.29) is 0 Å². The van der Waals surface area contributed by atoms with Gasteiger partial charge in [-0.1, -0.05) is 97.1 Å². The number of nitrogens with one attached hydrogen (secondary N) is 1. The summed E-state index contributed by atoms with van der Waals surface area (Å²) >= 11 is 0. The maximum atomic E-state index is 3.66. The van der Waals surface area contributed by atoms with Crippen molar-refractivity contribution in [3.63, 3.8) is 0 Å². The van der Waals surface area contributed by atoms with Crippen LogP contribution >= 0.6 is 0 Å². The van der Waals surface area contributed by atoms with Gasteiger partial charge in [-0.2, -0.15) is 0 Å². The molecule has 0 radical (unpaired) electrons. The van der Waals surface area contributed by atoms with Crippen molar-refractivity contribution in [1.82, 2.24) is 4.98 Å². The summed E-state index contributed by atoms with van der Waals surface area (Å²) in [6.07, 6.45) is 0. The van der Waals surface area contributed by atoms with E-state index in [0.717, 1.165) is 0 Å². The van der Waals surface area contributed by atoms with E-state index in [1.807, 2.05) is 0 Å². The summed E-state index contributed by atoms with van der Waals surface area (Å²) in [5.41, 5.74) is 9.72. The molecule has 146 valence electrons. The normalized spacial score (nSPS) is 11.2. The number of benzene rings is 5. The molecule has 0 saturated carbocycles. The molecule has 0 spiro atoms. The molecule has 0 saturated heterocycles. The van der Waals surface area contributed by atoms with E-state index < -0.39 is 0 Å². The van der Waals surface area contributed by atoms with E-state index in [0.29, 0.717) is 0 Å². The lowest BCUT2D eigenvalue weighted by Gasteiger charge is -2.12. The quantitative estimate of drug-likeness (QED) is 0.310. The van der Waals surface area contributed by atoms with E-state index >= 15 is 0 Å². The van der Waals surface area contributed by atoms with Crippen LogP contribution in [0.2, 0.25) is 0 Å². The van der Waals surface area contributed by atoms with E-state index in [1.54, 1.807) is 0 Å². The number of H-pyrrole nitrogens is 1. The average molecular weight is 396 g/mol. The number of para-hydroxylation sites is 2. The lowest BCUT2D eigenvalue weighted by molar-refractivity contribution is 1.53. The lowest BCUT2D eigenvalue weighted by atomic mass is 9.92. The second kappa shape index (κ2) is 7.30. The van der Waals surface area contributed by atoms with E-state index in [1.165, 1.54) is 55.2 Å². The Morgan fingerprint density at radius 3 is 1.61 bits per heavy atom. The van der Waals surface area contributed by atoms with Crippen LogP contribution in [0.3, 0.4) is 0 Å². The molecule has 0 aliphatic rings. The zero-order valence-corrected chi connectivity index (χ0v) is 17.0. The van der Waals surface area contributed by atoms with Gasteiger partial charge in [-0.05, 0) is 52.1 Å². The van der Waals surface area contributed by atoms with Crippen molar-refractivity contribution < 1.29 is 0 Å². The van der Waals surface area contributed by atoms with Gasteiger partial charge in [-0.25, -0.2) is 0 Å². The molecular formula is C30H21N. The van der Waals surface area contributed by atoms with Crippen molar-refractivity contribution in [3.8, 4) is 33.4 Å². The van der Waals surface area contributed by atoms with Crippen LogP contribution in [0.5, 0.6) is 0 Å². The highest BCUT2D eigenvalue weighted by Crippen LogP contribution is 2.37. The summed E-state index contributed by atoms with van der Waals surface area (Å²) in [5.74, 6) is 0. The minimum absolute atomic E-state index is 1.17. The van der Waals surface area contributed by atoms with E-state index in [4.69, 9.17) is 0 Å². The zero-order valence-electron chi connectivity index (χ0n) is 17.0. The van der Waals surface area contributed by atoms with Crippen LogP contribution in [0.1, 0.15) is 0 Å². The van der Waals surface area contributed by atoms with Crippen molar-refractivity contribution in [2.45, 2.75) is 0 Å². The van der Waals surface area contributed by atoms with Gasteiger partial charge in [0.05, 0.1) is 5.52 Å². The van der Waals surface area contributed by atoms with Crippen molar-refractivity contribution in [1.29, 1.82) is 0 Å². The van der Waals surface area contributed by atoms with Gasteiger partial charge >= 0.3 is 0 Å². The van der Waals surface area contributed by atoms with Gasteiger partial charge in [-0.15, -0.1) is 0 Å². The number of aromatic amines is 1. The van der Waals surface area contributed by atoms with E-state index in [2.05, 4.69) is 126 Å². The molecule has 1 heteroatoms. The number of fused-ring (bicyclic) bond motifs is 3. The summed E-state index contributed by atoms with van der Waals surface area (Å²) in [4.78, 5) is 3.66.